The van der Waals surface area contributed by atoms with Crippen molar-refractivity contribution >= 4 is 35.6 Å². The van der Waals surface area contributed by atoms with Crippen molar-refractivity contribution in [2.24, 2.45) is 0 Å². The van der Waals surface area contributed by atoms with Gasteiger partial charge >= 0.3 is 6.03 Å². The third-order valence-corrected chi connectivity index (χ3v) is 3.43. The predicted molar refractivity (Wildman–Crippen MR) is 78.1 cm³/mol. The molecule has 0 bridgehead atoms. The third-order valence-electron chi connectivity index (χ3n) is 3.10. The fourth-order valence-corrected chi connectivity index (χ4v) is 2.25. The minimum Gasteiger partial charge on any atom is -0.545 e. The van der Waals surface area contributed by atoms with Crippen molar-refractivity contribution in [2.75, 3.05) is 0 Å². The van der Waals surface area contributed by atoms with Crippen LogP contribution in [0.5, 0.6) is 0 Å². The molecule has 8 heteroatoms. The Bertz CT molecular complexity index is 869. The molecule has 116 valence electrons. The van der Waals surface area contributed by atoms with Gasteiger partial charge in [0.2, 0.25) is 0 Å². The number of furan rings is 1. The van der Waals surface area contributed by atoms with Crippen LogP contribution in [-0.4, -0.2) is 17.9 Å². The van der Waals surface area contributed by atoms with Crippen LogP contribution in [0.2, 0.25) is 5.02 Å². The van der Waals surface area contributed by atoms with Crippen molar-refractivity contribution in [1.82, 2.24) is 10.6 Å². The maximum atomic E-state index is 11.4. The molecular formula is C15H8ClN2O5-. The Morgan fingerprint density at radius 2 is 1.96 bits per heavy atom. The van der Waals surface area contributed by atoms with E-state index in [9.17, 15) is 19.5 Å². The van der Waals surface area contributed by atoms with Gasteiger partial charge in [-0.15, -0.1) is 0 Å². The molecule has 7 nitrogen and oxygen atoms in total. The van der Waals surface area contributed by atoms with Crippen LogP contribution in [0.15, 0.2) is 40.4 Å². The first-order chi connectivity index (χ1) is 10.9. The zero-order valence-corrected chi connectivity index (χ0v) is 12.1. The highest BCUT2D eigenvalue weighted by molar-refractivity contribution is 6.33. The largest absolute Gasteiger partial charge is 0.545 e. The molecule has 1 aliphatic rings. The molecule has 1 fully saturated rings. The lowest BCUT2D eigenvalue weighted by atomic mass is 10.1. The lowest BCUT2D eigenvalue weighted by Crippen LogP contribution is -2.22. The van der Waals surface area contributed by atoms with E-state index in [1.165, 1.54) is 24.3 Å². The summed E-state index contributed by atoms with van der Waals surface area (Å²) >= 11 is 6.05. The standard InChI is InChI=1S/C15H9ClN2O5/c16-10-3-1-7(14(20)21)5-9(10)12-4-2-8(23-12)6-11-13(19)18-15(22)17-11/h1-6H,(H,20,21)(H2,17,18,19,22)/p-1/b11-6-. The number of imide groups is 1. The first-order valence-electron chi connectivity index (χ1n) is 6.39. The van der Waals surface area contributed by atoms with E-state index in [1.54, 1.807) is 12.1 Å². The molecule has 1 aliphatic heterocycles. The highest BCUT2D eigenvalue weighted by Gasteiger charge is 2.23. The van der Waals surface area contributed by atoms with Crippen molar-refractivity contribution in [2.45, 2.75) is 0 Å². The molecule has 1 saturated heterocycles. The van der Waals surface area contributed by atoms with Crippen LogP contribution < -0.4 is 15.7 Å². The number of benzene rings is 1. The zero-order chi connectivity index (χ0) is 16.6. The second-order valence-corrected chi connectivity index (χ2v) is 5.06. The number of nitrogens with one attached hydrogen (secondary N) is 2. The van der Waals surface area contributed by atoms with Crippen molar-refractivity contribution in [3.8, 4) is 11.3 Å². The molecular weight excluding hydrogens is 324 g/mol. The number of carboxylic acids is 1. The Morgan fingerprint density at radius 1 is 1.17 bits per heavy atom. The molecule has 1 aromatic carbocycles. The molecule has 2 heterocycles. The number of amides is 3. The highest BCUT2D eigenvalue weighted by Crippen LogP contribution is 2.31. The molecule has 2 aromatic rings. The van der Waals surface area contributed by atoms with Gasteiger partial charge in [0, 0.05) is 11.6 Å². The summed E-state index contributed by atoms with van der Waals surface area (Å²) in [5.74, 6) is -1.29. The zero-order valence-electron chi connectivity index (χ0n) is 11.4. The van der Waals surface area contributed by atoms with Crippen molar-refractivity contribution in [3.63, 3.8) is 0 Å². The van der Waals surface area contributed by atoms with Gasteiger partial charge in [-0.2, -0.15) is 0 Å². The lowest BCUT2D eigenvalue weighted by Gasteiger charge is -2.06. The van der Waals surface area contributed by atoms with Gasteiger partial charge in [-0.05, 0) is 29.8 Å². The van der Waals surface area contributed by atoms with Gasteiger partial charge in [0.15, 0.2) is 0 Å². The molecule has 23 heavy (non-hydrogen) atoms. The number of carbonyl (C=O) groups excluding carboxylic acids is 3. The van der Waals surface area contributed by atoms with Gasteiger partial charge in [0.1, 0.15) is 17.2 Å². The van der Waals surface area contributed by atoms with Crippen LogP contribution in [0.1, 0.15) is 16.1 Å². The molecule has 0 spiro atoms. The molecule has 0 atom stereocenters. The van der Waals surface area contributed by atoms with E-state index in [1.807, 2.05) is 0 Å². The fourth-order valence-electron chi connectivity index (χ4n) is 2.04. The van der Waals surface area contributed by atoms with E-state index in [0.717, 1.165) is 0 Å². The van der Waals surface area contributed by atoms with Crippen molar-refractivity contribution < 1.29 is 23.9 Å². The predicted octanol–water partition coefficient (Wildman–Crippen LogP) is 1.14. The van der Waals surface area contributed by atoms with Crippen LogP contribution in [-0.2, 0) is 4.79 Å². The Morgan fingerprint density at radius 3 is 2.61 bits per heavy atom. The molecule has 3 rings (SSSR count). The van der Waals surface area contributed by atoms with Crippen LogP contribution in [0.25, 0.3) is 17.4 Å². The van der Waals surface area contributed by atoms with Crippen LogP contribution in [0.3, 0.4) is 0 Å². The monoisotopic (exact) mass is 331 g/mol. The number of urea groups is 1. The summed E-state index contributed by atoms with van der Waals surface area (Å²) < 4.78 is 5.53. The Kier molecular flexibility index (Phi) is 3.63. The number of rotatable bonds is 3. The van der Waals surface area contributed by atoms with Gasteiger partial charge < -0.3 is 19.6 Å². The second kappa shape index (κ2) is 5.62. The third kappa shape index (κ3) is 2.95. The Labute approximate surface area is 134 Å². The normalized spacial score (nSPS) is 15.6. The van der Waals surface area contributed by atoms with E-state index < -0.39 is 17.9 Å². The number of hydrogen-bond donors (Lipinski definition) is 2. The minimum atomic E-state index is -1.33. The Balaban J connectivity index is 1.95. The summed E-state index contributed by atoms with van der Waals surface area (Å²) in [5, 5.41) is 15.6. The van der Waals surface area contributed by atoms with E-state index in [2.05, 4.69) is 10.6 Å². The van der Waals surface area contributed by atoms with E-state index >= 15 is 0 Å². The van der Waals surface area contributed by atoms with Crippen LogP contribution >= 0.6 is 11.6 Å². The summed E-state index contributed by atoms with van der Waals surface area (Å²) in [4.78, 5) is 33.4. The van der Waals surface area contributed by atoms with Crippen LogP contribution in [0.4, 0.5) is 4.79 Å². The van der Waals surface area contributed by atoms with Gasteiger partial charge in [-0.25, -0.2) is 4.79 Å². The summed E-state index contributed by atoms with van der Waals surface area (Å²) in [5.41, 5.74) is 0.381. The van der Waals surface area contributed by atoms with Gasteiger partial charge in [-0.1, -0.05) is 17.7 Å². The van der Waals surface area contributed by atoms with E-state index in [4.69, 9.17) is 16.0 Å². The minimum absolute atomic E-state index is 0.0388. The van der Waals surface area contributed by atoms with Crippen molar-refractivity contribution in [1.29, 1.82) is 0 Å². The quantitative estimate of drug-likeness (QED) is 0.647. The summed E-state index contributed by atoms with van der Waals surface area (Å²) in [7, 11) is 0. The van der Waals surface area contributed by atoms with Crippen molar-refractivity contribution in [3.05, 3.63) is 52.4 Å². The summed E-state index contributed by atoms with van der Waals surface area (Å²) in [6.45, 7) is 0. The Hall–Kier alpha value is -3.06. The molecule has 0 saturated carbocycles. The SMILES string of the molecule is O=C1NC(=O)/C(=C/c2ccc(-c3cc(C(=O)[O-])ccc3Cl)o2)N1. The first kappa shape index (κ1) is 14.9. The topological polar surface area (TPSA) is 111 Å². The maximum Gasteiger partial charge on any atom is 0.326 e. The van der Waals surface area contributed by atoms with E-state index in [0.29, 0.717) is 22.1 Å². The number of halogens is 1. The van der Waals surface area contributed by atoms with Gasteiger partial charge in [0.25, 0.3) is 5.91 Å². The molecule has 0 radical (unpaired) electrons. The smallest absolute Gasteiger partial charge is 0.326 e. The molecule has 3 amide bonds. The average Bonchev–Trinajstić information content (AvgIpc) is 3.06. The number of carbonyl (C=O) groups is 3. The molecule has 1 aromatic heterocycles. The second-order valence-electron chi connectivity index (χ2n) is 4.65. The number of hydrogen-bond acceptors (Lipinski definition) is 5. The van der Waals surface area contributed by atoms with Gasteiger partial charge in [0.05, 0.1) is 11.0 Å². The molecule has 0 unspecified atom stereocenters. The molecule has 2 N–H and O–H groups in total. The summed E-state index contributed by atoms with van der Waals surface area (Å²) in [6, 6.07) is 6.59. The number of aromatic carboxylic acids is 1. The molecule has 0 aliphatic carbocycles. The number of carboxylic acid groups (broad SMARTS) is 1. The van der Waals surface area contributed by atoms with E-state index in [-0.39, 0.29) is 11.3 Å². The average molecular weight is 332 g/mol. The van der Waals surface area contributed by atoms with Gasteiger partial charge in [-0.3, -0.25) is 10.1 Å². The first-order valence-corrected chi connectivity index (χ1v) is 6.77. The highest BCUT2D eigenvalue weighted by atomic mass is 35.5. The summed E-state index contributed by atoms with van der Waals surface area (Å²) in [6.07, 6.45) is 1.35. The maximum absolute atomic E-state index is 11.4. The lowest BCUT2D eigenvalue weighted by molar-refractivity contribution is -0.255. The van der Waals surface area contributed by atoms with Crippen LogP contribution in [0, 0.1) is 0 Å². The fraction of sp³-hybridized carbons (Fsp3) is 0.